The van der Waals surface area contributed by atoms with Crippen molar-refractivity contribution in [3.05, 3.63) is 81.9 Å². The minimum atomic E-state index is -0.963. The van der Waals surface area contributed by atoms with E-state index >= 15 is 0 Å². The first-order chi connectivity index (χ1) is 20.1. The van der Waals surface area contributed by atoms with Gasteiger partial charge in [-0.15, -0.1) is 0 Å². The lowest BCUT2D eigenvalue weighted by Crippen LogP contribution is -2.34. The molecule has 0 amide bonds. The second-order valence-electron chi connectivity index (χ2n) is 12.9. The molecule has 6 nitrogen and oxygen atoms in total. The average molecular weight is 616 g/mol. The molecule has 0 saturated carbocycles. The molecule has 3 atom stereocenters. The molecule has 8 heteroatoms. The Hall–Kier alpha value is -1.96. The van der Waals surface area contributed by atoms with Crippen LogP contribution in [-0.2, 0) is 33.6 Å². The minimum absolute atomic E-state index is 0.0419. The first-order valence-corrected chi connectivity index (χ1v) is 16.2. The number of likely N-dealkylation sites (tertiary alicyclic amines) is 1. The molecule has 2 fully saturated rings. The molecule has 3 aromatic rings. The normalized spacial score (nSPS) is 22.0. The monoisotopic (exact) mass is 614 g/mol. The number of aromatic nitrogens is 3. The quantitative estimate of drug-likeness (QED) is 0.242. The van der Waals surface area contributed by atoms with E-state index in [0.29, 0.717) is 23.2 Å². The summed E-state index contributed by atoms with van der Waals surface area (Å²) in [5.74, 6) is -0.205. The molecule has 0 spiro atoms. The molecule has 5 rings (SSSR count). The number of benzene rings is 2. The number of halogens is 2. The Morgan fingerprint density at radius 1 is 1.05 bits per heavy atom. The summed E-state index contributed by atoms with van der Waals surface area (Å²) in [6.45, 7) is 16.2. The van der Waals surface area contributed by atoms with Gasteiger partial charge in [-0.1, -0.05) is 101 Å². The lowest BCUT2D eigenvalue weighted by atomic mass is 9.86. The van der Waals surface area contributed by atoms with Crippen LogP contribution in [0.15, 0.2) is 55.1 Å². The Balaban J connectivity index is 0.000000194. The van der Waals surface area contributed by atoms with Crippen molar-refractivity contribution >= 4 is 23.2 Å². The van der Waals surface area contributed by atoms with E-state index in [0.717, 1.165) is 24.3 Å². The highest BCUT2D eigenvalue weighted by molar-refractivity contribution is 6.35. The Kier molecular flexibility index (Phi) is 11.9. The van der Waals surface area contributed by atoms with Crippen molar-refractivity contribution in [2.45, 2.75) is 97.0 Å². The van der Waals surface area contributed by atoms with Crippen LogP contribution in [0.4, 0.5) is 0 Å². The third-order valence-electron chi connectivity index (χ3n) is 8.07. The predicted molar refractivity (Wildman–Crippen MR) is 172 cm³/mol. The number of rotatable bonds is 9. The molecule has 0 bridgehead atoms. The smallest absolute Gasteiger partial charge is 0.217 e. The van der Waals surface area contributed by atoms with Gasteiger partial charge in [0.2, 0.25) is 5.79 Å². The maximum Gasteiger partial charge on any atom is 0.217 e. The van der Waals surface area contributed by atoms with E-state index in [1.165, 1.54) is 62.8 Å². The van der Waals surface area contributed by atoms with Gasteiger partial charge in [-0.05, 0) is 73.4 Å². The largest absolute Gasteiger partial charge is 0.342 e. The summed E-state index contributed by atoms with van der Waals surface area (Å²) in [5.41, 5.74) is 3.94. The molecule has 0 radical (unpaired) electrons. The summed E-state index contributed by atoms with van der Waals surface area (Å²) in [7, 11) is 0. The number of hydrogen-bond donors (Lipinski definition) is 0. The molecule has 3 heterocycles. The minimum Gasteiger partial charge on any atom is -0.342 e. The van der Waals surface area contributed by atoms with E-state index in [1.807, 2.05) is 6.07 Å². The van der Waals surface area contributed by atoms with E-state index in [4.69, 9.17) is 32.7 Å². The summed E-state index contributed by atoms with van der Waals surface area (Å²) >= 11 is 12.4. The zero-order valence-corrected chi connectivity index (χ0v) is 27.5. The molecule has 2 saturated heterocycles. The van der Waals surface area contributed by atoms with Crippen LogP contribution in [0.1, 0.15) is 83.4 Å². The summed E-state index contributed by atoms with van der Waals surface area (Å²) in [6, 6.07) is 14.6. The molecular formula is C34H48Cl2N4O2. The molecule has 2 aliphatic rings. The van der Waals surface area contributed by atoms with Gasteiger partial charge in [-0.25, -0.2) is 9.67 Å². The second-order valence-corrected chi connectivity index (χ2v) is 13.8. The van der Waals surface area contributed by atoms with Crippen molar-refractivity contribution in [1.29, 1.82) is 0 Å². The Bertz CT molecular complexity index is 1220. The van der Waals surface area contributed by atoms with Crippen molar-refractivity contribution in [1.82, 2.24) is 19.7 Å². The highest BCUT2D eigenvalue weighted by atomic mass is 35.5. The average Bonchev–Trinajstić information content (AvgIpc) is 3.60. The molecule has 230 valence electrons. The highest BCUT2D eigenvalue weighted by Gasteiger charge is 2.45. The van der Waals surface area contributed by atoms with Crippen molar-refractivity contribution in [2.24, 2.45) is 5.92 Å². The third kappa shape index (κ3) is 9.27. The van der Waals surface area contributed by atoms with Crippen LogP contribution in [0.25, 0.3) is 0 Å². The highest BCUT2D eigenvalue weighted by Crippen LogP contribution is 2.41. The van der Waals surface area contributed by atoms with Crippen LogP contribution >= 0.6 is 23.2 Å². The maximum absolute atomic E-state index is 6.37. The molecule has 2 aromatic carbocycles. The number of piperidine rings is 1. The van der Waals surface area contributed by atoms with E-state index in [1.54, 1.807) is 23.1 Å². The summed E-state index contributed by atoms with van der Waals surface area (Å²) in [5, 5.41) is 5.24. The lowest BCUT2D eigenvalue weighted by Gasteiger charge is -2.29. The first kappa shape index (κ1) is 32.9. The van der Waals surface area contributed by atoms with Gasteiger partial charge < -0.3 is 14.4 Å². The van der Waals surface area contributed by atoms with Crippen LogP contribution < -0.4 is 0 Å². The van der Waals surface area contributed by atoms with Crippen molar-refractivity contribution in [3.63, 3.8) is 0 Å². The zero-order chi connectivity index (χ0) is 30.2. The van der Waals surface area contributed by atoms with Gasteiger partial charge in [-0.3, -0.25) is 0 Å². The Morgan fingerprint density at radius 3 is 2.40 bits per heavy atom. The van der Waals surface area contributed by atoms with E-state index in [2.05, 4.69) is 73.9 Å². The van der Waals surface area contributed by atoms with Gasteiger partial charge >= 0.3 is 0 Å². The van der Waals surface area contributed by atoms with E-state index in [-0.39, 0.29) is 11.5 Å². The second kappa shape index (κ2) is 15.2. The summed E-state index contributed by atoms with van der Waals surface area (Å²) in [6.07, 6.45) is 10.5. The molecule has 0 N–H and O–H groups in total. The molecule has 3 unspecified atom stereocenters. The van der Waals surface area contributed by atoms with Crippen molar-refractivity contribution < 1.29 is 9.47 Å². The van der Waals surface area contributed by atoms with Gasteiger partial charge in [0.15, 0.2) is 0 Å². The standard InChI is InChI=1S/C19H31N.C15H17Cl2N3O2/c1-16(15-20-12-6-5-7-13-20)14-17-8-10-18(11-9-17)19(2,3)4;1-2-3-12-7-21-15(22-12,8-20-10-18-9-19-20)13-5-4-11(16)6-14(13)17/h8-11,16H,5-7,12-15H2,1-4H3;4-6,9-10,12H,2-3,7-8H2,1H3. The predicted octanol–water partition coefficient (Wildman–Crippen LogP) is 8.30. The van der Waals surface area contributed by atoms with E-state index < -0.39 is 5.79 Å². The fourth-order valence-electron chi connectivity index (χ4n) is 5.85. The maximum atomic E-state index is 6.37. The molecule has 1 aromatic heterocycles. The first-order valence-electron chi connectivity index (χ1n) is 15.5. The molecule has 0 aliphatic carbocycles. The van der Waals surface area contributed by atoms with Gasteiger partial charge in [0, 0.05) is 17.1 Å². The third-order valence-corrected chi connectivity index (χ3v) is 8.62. The topological polar surface area (TPSA) is 52.4 Å². The summed E-state index contributed by atoms with van der Waals surface area (Å²) in [4.78, 5) is 6.62. The van der Waals surface area contributed by atoms with Crippen molar-refractivity contribution in [2.75, 3.05) is 26.2 Å². The SMILES string of the molecule is CC(Cc1ccc(C(C)(C)C)cc1)CN1CCCCC1.CCCC1COC(Cn2cncn2)(c2ccc(Cl)cc2Cl)O1. The number of hydrogen-bond acceptors (Lipinski definition) is 5. The van der Waals surface area contributed by atoms with Gasteiger partial charge in [0.1, 0.15) is 19.2 Å². The van der Waals surface area contributed by atoms with Crippen LogP contribution in [0, 0.1) is 5.92 Å². The number of nitrogens with zero attached hydrogens (tertiary/aromatic N) is 4. The van der Waals surface area contributed by atoms with Crippen LogP contribution in [0.3, 0.4) is 0 Å². The van der Waals surface area contributed by atoms with Gasteiger partial charge in [0.25, 0.3) is 0 Å². The fourth-order valence-corrected chi connectivity index (χ4v) is 6.41. The van der Waals surface area contributed by atoms with Crippen LogP contribution in [0.2, 0.25) is 10.0 Å². The van der Waals surface area contributed by atoms with Crippen molar-refractivity contribution in [3.8, 4) is 0 Å². The number of ether oxygens (including phenoxy) is 2. The molecule has 42 heavy (non-hydrogen) atoms. The Labute approximate surface area is 262 Å². The molecule has 2 aliphatic heterocycles. The van der Waals surface area contributed by atoms with Crippen LogP contribution in [-0.4, -0.2) is 52.0 Å². The lowest BCUT2D eigenvalue weighted by molar-refractivity contribution is -0.189. The van der Waals surface area contributed by atoms with Gasteiger partial charge in [-0.2, -0.15) is 5.10 Å². The molecular weight excluding hydrogens is 567 g/mol. The zero-order valence-electron chi connectivity index (χ0n) is 26.0. The van der Waals surface area contributed by atoms with Gasteiger partial charge in [0.05, 0.1) is 17.7 Å². The summed E-state index contributed by atoms with van der Waals surface area (Å²) < 4.78 is 14.0. The van der Waals surface area contributed by atoms with Crippen LogP contribution in [0.5, 0.6) is 0 Å². The Morgan fingerprint density at radius 2 is 1.79 bits per heavy atom. The fraction of sp³-hybridized carbons (Fsp3) is 0.588. The van der Waals surface area contributed by atoms with E-state index in [9.17, 15) is 0 Å².